The Morgan fingerprint density at radius 1 is 0.400 bits per heavy atom. The molecule has 0 atom stereocenters. The molecule has 12 rings (SSSR count). The van der Waals surface area contributed by atoms with Gasteiger partial charge in [0.1, 0.15) is 17.0 Å². The molecule has 0 radical (unpaired) electrons. The van der Waals surface area contributed by atoms with Gasteiger partial charge in [-0.2, -0.15) is 0 Å². The van der Waals surface area contributed by atoms with Crippen LogP contribution < -0.4 is 0 Å². The number of aromatic nitrogens is 4. The van der Waals surface area contributed by atoms with E-state index in [-0.39, 0.29) is 0 Å². The molecule has 0 unspecified atom stereocenters. The average molecular weight is 703 g/mol. The molecule has 5 aromatic heterocycles. The van der Waals surface area contributed by atoms with Crippen LogP contribution in [-0.2, 0) is 0 Å². The highest BCUT2D eigenvalue weighted by Crippen LogP contribution is 2.44. The summed E-state index contributed by atoms with van der Waals surface area (Å²) in [4.78, 5) is 10.3. The summed E-state index contributed by atoms with van der Waals surface area (Å²) in [5, 5.41) is 7.95. The second-order valence-electron chi connectivity index (χ2n) is 14.2. The molecule has 0 aliphatic heterocycles. The van der Waals surface area contributed by atoms with Gasteiger partial charge in [0, 0.05) is 48.8 Å². The van der Waals surface area contributed by atoms with Crippen LogP contribution in [0.5, 0.6) is 0 Å². The second kappa shape index (κ2) is 11.5. The van der Waals surface area contributed by atoms with Gasteiger partial charge in [-0.25, -0.2) is 9.97 Å². The number of fused-ring (bicyclic) bond motifs is 10. The molecule has 256 valence electrons. The highest BCUT2D eigenvalue weighted by molar-refractivity contribution is 6.16. The number of hydrogen-bond donors (Lipinski definition) is 0. The van der Waals surface area contributed by atoms with E-state index in [2.05, 4.69) is 167 Å². The molecular weight excluding hydrogens is 673 g/mol. The minimum Gasteiger partial charge on any atom is -0.455 e. The topological polar surface area (TPSA) is 48.8 Å². The van der Waals surface area contributed by atoms with Crippen LogP contribution in [-0.4, -0.2) is 19.1 Å². The molecule has 5 heterocycles. The van der Waals surface area contributed by atoms with E-state index in [1.807, 2.05) is 24.3 Å². The van der Waals surface area contributed by atoms with Gasteiger partial charge in [0.05, 0.1) is 33.4 Å². The summed E-state index contributed by atoms with van der Waals surface area (Å²) in [5.41, 5.74) is 12.0. The summed E-state index contributed by atoms with van der Waals surface area (Å²) in [7, 11) is 0. The zero-order chi connectivity index (χ0) is 36.0. The predicted octanol–water partition coefficient (Wildman–Crippen LogP) is 13.1. The monoisotopic (exact) mass is 702 g/mol. The van der Waals surface area contributed by atoms with Crippen molar-refractivity contribution in [3.05, 3.63) is 182 Å². The molecule has 0 amide bonds. The number of rotatable bonds is 4. The smallest absolute Gasteiger partial charge is 0.162 e. The van der Waals surface area contributed by atoms with Gasteiger partial charge in [-0.3, -0.25) is 4.57 Å². The van der Waals surface area contributed by atoms with Gasteiger partial charge in [0.25, 0.3) is 0 Å². The van der Waals surface area contributed by atoms with E-state index in [0.29, 0.717) is 5.65 Å². The van der Waals surface area contributed by atoms with E-state index < -0.39 is 0 Å². The summed E-state index contributed by atoms with van der Waals surface area (Å²) >= 11 is 0. The van der Waals surface area contributed by atoms with Crippen molar-refractivity contribution in [2.75, 3.05) is 0 Å². The first-order valence-electron chi connectivity index (χ1n) is 18.6. The first-order chi connectivity index (χ1) is 27.3. The zero-order valence-corrected chi connectivity index (χ0v) is 29.5. The minimum atomic E-state index is 0.710. The van der Waals surface area contributed by atoms with E-state index in [0.717, 1.165) is 88.7 Å². The van der Waals surface area contributed by atoms with Crippen LogP contribution >= 0.6 is 0 Å². The second-order valence-corrected chi connectivity index (χ2v) is 14.2. The third-order valence-corrected chi connectivity index (χ3v) is 11.1. The number of para-hydroxylation sites is 4. The molecule has 5 heteroatoms. The zero-order valence-electron chi connectivity index (χ0n) is 29.5. The van der Waals surface area contributed by atoms with Crippen molar-refractivity contribution in [1.82, 2.24) is 19.1 Å². The van der Waals surface area contributed by atoms with E-state index in [4.69, 9.17) is 14.4 Å². The SMILES string of the molecule is c1ccc(-c2ccc3ccc(-n4c5ccccc5c5ccc(-c6c(-n7c8ccccc8c8ccccc87)ccc7c6oc6ccccc67)cc54)nc3n2)cc1. The van der Waals surface area contributed by atoms with E-state index >= 15 is 0 Å². The van der Waals surface area contributed by atoms with Crippen molar-refractivity contribution >= 4 is 76.6 Å². The molecule has 0 bridgehead atoms. The van der Waals surface area contributed by atoms with Crippen LogP contribution in [0.3, 0.4) is 0 Å². The van der Waals surface area contributed by atoms with Crippen LogP contribution in [0, 0.1) is 0 Å². The van der Waals surface area contributed by atoms with Crippen molar-refractivity contribution in [3.63, 3.8) is 0 Å². The van der Waals surface area contributed by atoms with Crippen LogP contribution in [0.2, 0.25) is 0 Å². The maximum absolute atomic E-state index is 6.84. The van der Waals surface area contributed by atoms with Crippen molar-refractivity contribution < 1.29 is 4.42 Å². The van der Waals surface area contributed by atoms with Crippen LogP contribution in [0.4, 0.5) is 0 Å². The van der Waals surface area contributed by atoms with Gasteiger partial charge in [0.2, 0.25) is 0 Å². The molecule has 0 aliphatic rings. The lowest BCUT2D eigenvalue weighted by molar-refractivity contribution is 0.670. The van der Waals surface area contributed by atoms with Gasteiger partial charge in [-0.15, -0.1) is 0 Å². The lowest BCUT2D eigenvalue weighted by atomic mass is 9.98. The van der Waals surface area contributed by atoms with Crippen LogP contribution in [0.15, 0.2) is 186 Å². The molecule has 0 N–H and O–H groups in total. The maximum atomic E-state index is 6.84. The normalized spacial score (nSPS) is 12.0. The molecule has 55 heavy (non-hydrogen) atoms. The van der Waals surface area contributed by atoms with Crippen LogP contribution in [0.25, 0.3) is 110 Å². The average Bonchev–Trinajstić information content (AvgIpc) is 3.91. The first-order valence-corrected chi connectivity index (χ1v) is 18.6. The lowest BCUT2D eigenvalue weighted by Gasteiger charge is -2.15. The third-order valence-electron chi connectivity index (χ3n) is 11.1. The summed E-state index contributed by atoms with van der Waals surface area (Å²) in [5.74, 6) is 0.818. The third kappa shape index (κ3) is 4.41. The summed E-state index contributed by atoms with van der Waals surface area (Å²) in [6.45, 7) is 0. The maximum Gasteiger partial charge on any atom is 0.162 e. The van der Waals surface area contributed by atoms with Gasteiger partial charge in [-0.05, 0) is 72.3 Å². The Hall–Kier alpha value is -7.50. The summed E-state index contributed by atoms with van der Waals surface area (Å²) in [6, 6.07) is 64.2. The molecule has 7 aromatic carbocycles. The number of furan rings is 1. The Kier molecular flexibility index (Phi) is 6.27. The first kappa shape index (κ1) is 30.0. The molecule has 0 aliphatic carbocycles. The molecule has 0 fully saturated rings. The molecule has 12 aromatic rings. The predicted molar refractivity (Wildman–Crippen MR) is 226 cm³/mol. The summed E-state index contributed by atoms with van der Waals surface area (Å²) in [6.07, 6.45) is 0. The highest BCUT2D eigenvalue weighted by Gasteiger charge is 2.23. The fraction of sp³-hybridized carbons (Fsp3) is 0. The molecule has 5 nitrogen and oxygen atoms in total. The van der Waals surface area contributed by atoms with Crippen molar-refractivity contribution in [1.29, 1.82) is 0 Å². The Bertz CT molecular complexity index is 3440. The van der Waals surface area contributed by atoms with E-state index in [1.54, 1.807) is 0 Å². The number of nitrogens with zero attached hydrogens (tertiary/aromatic N) is 4. The Morgan fingerprint density at radius 2 is 1.00 bits per heavy atom. The van der Waals surface area contributed by atoms with Gasteiger partial charge >= 0.3 is 0 Å². The standard InChI is InChI=1S/C50H30N4O/c1-2-12-31(13-3-1)40-27-23-32-24-29-47(52-50(32)51-40)54-43-20-10-6-16-36(43)37-25-22-33(30-45(37)54)48-44(28-26-39-38-17-7-11-21-46(38)55-49(39)48)53-41-18-8-4-14-34(41)35-15-5-9-19-42(35)53/h1-30H. The minimum absolute atomic E-state index is 0.710. The lowest BCUT2D eigenvalue weighted by Crippen LogP contribution is -2.00. The quantitative estimate of drug-likeness (QED) is 0.183. The fourth-order valence-corrected chi connectivity index (χ4v) is 8.68. The highest BCUT2D eigenvalue weighted by atomic mass is 16.3. The Labute approximate surface area is 315 Å². The number of benzene rings is 7. The fourth-order valence-electron chi connectivity index (χ4n) is 8.68. The molecular formula is C50H30N4O. The van der Waals surface area contributed by atoms with Gasteiger partial charge < -0.3 is 8.98 Å². The molecule has 0 saturated heterocycles. The van der Waals surface area contributed by atoms with Gasteiger partial charge in [0.15, 0.2) is 5.65 Å². The molecule has 0 spiro atoms. The van der Waals surface area contributed by atoms with Crippen molar-refractivity contribution in [2.24, 2.45) is 0 Å². The van der Waals surface area contributed by atoms with Crippen LogP contribution in [0.1, 0.15) is 0 Å². The molecule has 0 saturated carbocycles. The Balaban J connectivity index is 1.16. The number of pyridine rings is 2. The van der Waals surface area contributed by atoms with Crippen molar-refractivity contribution in [2.45, 2.75) is 0 Å². The Morgan fingerprint density at radius 3 is 1.75 bits per heavy atom. The van der Waals surface area contributed by atoms with Crippen molar-refractivity contribution in [3.8, 4) is 33.9 Å². The van der Waals surface area contributed by atoms with E-state index in [1.165, 1.54) is 16.2 Å². The number of hydrogen-bond acceptors (Lipinski definition) is 3. The largest absolute Gasteiger partial charge is 0.455 e. The van der Waals surface area contributed by atoms with E-state index in [9.17, 15) is 0 Å². The van der Waals surface area contributed by atoms with Gasteiger partial charge in [-0.1, -0.05) is 115 Å². The summed E-state index contributed by atoms with van der Waals surface area (Å²) < 4.78 is 11.5.